The first-order chi connectivity index (χ1) is 8.44. The molecule has 0 aromatic heterocycles. The zero-order chi connectivity index (χ0) is 13.6. The van der Waals surface area contributed by atoms with E-state index in [4.69, 9.17) is 5.73 Å². The molecule has 0 saturated carbocycles. The zero-order valence-electron chi connectivity index (χ0n) is 12.0. The normalized spacial score (nSPS) is 12.4. The number of nitrogens with two attached hydrogens (primary N) is 1. The Morgan fingerprint density at radius 3 is 2.37 bits per heavy atom. The third-order valence-electron chi connectivity index (χ3n) is 2.81. The largest absolute Gasteiger partial charge is 0.354 e. The Labute approximate surface area is 122 Å². The Morgan fingerprint density at radius 1 is 1.32 bits per heavy atom. The fourth-order valence-electron chi connectivity index (χ4n) is 1.86. The maximum Gasteiger partial charge on any atom is 0.227 e. The van der Waals surface area contributed by atoms with Gasteiger partial charge in [0.1, 0.15) is 0 Å². The average molecular weight is 285 g/mol. The van der Waals surface area contributed by atoms with E-state index in [0.717, 1.165) is 18.4 Å². The number of halogens is 1. The fourth-order valence-corrected chi connectivity index (χ4v) is 1.86. The summed E-state index contributed by atoms with van der Waals surface area (Å²) in [6.07, 6.45) is 1.85. The second kappa shape index (κ2) is 8.18. The molecule has 0 spiro atoms. The monoisotopic (exact) mass is 284 g/mol. The first-order valence-electron chi connectivity index (χ1n) is 6.55. The number of nitrogens with one attached hydrogen (secondary N) is 1. The van der Waals surface area contributed by atoms with Crippen molar-refractivity contribution in [2.45, 2.75) is 45.1 Å². The number of carbonyl (C=O) groups is 1. The van der Waals surface area contributed by atoms with Gasteiger partial charge in [0.15, 0.2) is 0 Å². The molecule has 1 aromatic rings. The summed E-state index contributed by atoms with van der Waals surface area (Å²) in [7, 11) is 0. The lowest BCUT2D eigenvalue weighted by Gasteiger charge is -2.22. The Balaban J connectivity index is 0.00000324. The Morgan fingerprint density at radius 2 is 1.89 bits per heavy atom. The maximum atomic E-state index is 12.2. The standard InChI is InChI=1S/C15H24N2O.ClH/c1-4-8-13(12-9-6-5-7-10-12)14(18)17-11-15(2,3)16;/h5-7,9-10,13H,4,8,11,16H2,1-3H3,(H,17,18);1H. The van der Waals surface area contributed by atoms with Gasteiger partial charge in [-0.25, -0.2) is 0 Å². The number of amides is 1. The number of benzene rings is 1. The molecule has 108 valence electrons. The van der Waals surface area contributed by atoms with Crippen LogP contribution in [0.1, 0.15) is 45.1 Å². The topological polar surface area (TPSA) is 55.1 Å². The molecule has 19 heavy (non-hydrogen) atoms. The van der Waals surface area contributed by atoms with E-state index >= 15 is 0 Å². The highest BCUT2D eigenvalue weighted by atomic mass is 35.5. The van der Waals surface area contributed by atoms with Crippen molar-refractivity contribution in [1.82, 2.24) is 5.32 Å². The molecule has 0 aliphatic carbocycles. The lowest BCUT2D eigenvalue weighted by atomic mass is 9.93. The molecule has 0 aliphatic rings. The summed E-state index contributed by atoms with van der Waals surface area (Å²) in [5.41, 5.74) is 6.59. The molecule has 0 heterocycles. The molecular weight excluding hydrogens is 260 g/mol. The fraction of sp³-hybridized carbons (Fsp3) is 0.533. The molecule has 1 atom stereocenters. The van der Waals surface area contributed by atoms with Gasteiger partial charge in [-0.3, -0.25) is 4.79 Å². The summed E-state index contributed by atoms with van der Waals surface area (Å²) in [6, 6.07) is 9.92. The van der Waals surface area contributed by atoms with Crippen molar-refractivity contribution in [3.63, 3.8) is 0 Å². The van der Waals surface area contributed by atoms with E-state index in [-0.39, 0.29) is 29.8 Å². The van der Waals surface area contributed by atoms with Crippen LogP contribution in [0.2, 0.25) is 0 Å². The van der Waals surface area contributed by atoms with Gasteiger partial charge in [0.2, 0.25) is 5.91 Å². The summed E-state index contributed by atoms with van der Waals surface area (Å²) >= 11 is 0. The van der Waals surface area contributed by atoms with Gasteiger partial charge in [0, 0.05) is 12.1 Å². The van der Waals surface area contributed by atoms with Crippen LogP contribution in [0, 0.1) is 0 Å². The maximum absolute atomic E-state index is 12.2. The Bertz CT molecular complexity index is 373. The minimum absolute atomic E-state index is 0. The number of rotatable bonds is 6. The minimum atomic E-state index is -0.372. The van der Waals surface area contributed by atoms with Crippen molar-refractivity contribution >= 4 is 18.3 Å². The van der Waals surface area contributed by atoms with Gasteiger partial charge in [0.25, 0.3) is 0 Å². The van der Waals surface area contributed by atoms with Crippen LogP contribution >= 0.6 is 12.4 Å². The Hall–Kier alpha value is -1.06. The molecule has 0 aliphatic heterocycles. The van der Waals surface area contributed by atoms with E-state index in [9.17, 15) is 4.79 Å². The number of carbonyl (C=O) groups excluding carboxylic acids is 1. The van der Waals surface area contributed by atoms with Gasteiger partial charge in [-0.15, -0.1) is 12.4 Å². The van der Waals surface area contributed by atoms with Gasteiger partial charge in [-0.2, -0.15) is 0 Å². The van der Waals surface area contributed by atoms with Crippen molar-refractivity contribution in [3.05, 3.63) is 35.9 Å². The number of hydrogen-bond donors (Lipinski definition) is 2. The SMILES string of the molecule is CCCC(C(=O)NCC(C)(C)N)c1ccccc1.Cl. The van der Waals surface area contributed by atoms with Crippen molar-refractivity contribution in [1.29, 1.82) is 0 Å². The molecule has 1 rings (SSSR count). The second-order valence-electron chi connectivity index (χ2n) is 5.46. The van der Waals surface area contributed by atoms with Crippen LogP contribution in [0.5, 0.6) is 0 Å². The van der Waals surface area contributed by atoms with Crippen molar-refractivity contribution < 1.29 is 4.79 Å². The third kappa shape index (κ3) is 6.60. The van der Waals surface area contributed by atoms with Crippen LogP contribution in [-0.2, 0) is 4.79 Å². The van der Waals surface area contributed by atoms with E-state index in [2.05, 4.69) is 12.2 Å². The van der Waals surface area contributed by atoms with Crippen LogP contribution in [-0.4, -0.2) is 18.0 Å². The highest BCUT2D eigenvalue weighted by molar-refractivity contribution is 5.85. The van der Waals surface area contributed by atoms with Crippen molar-refractivity contribution in [2.24, 2.45) is 5.73 Å². The van der Waals surface area contributed by atoms with E-state index in [1.54, 1.807) is 0 Å². The predicted octanol–water partition coefficient (Wildman–Crippen LogP) is 2.85. The zero-order valence-corrected chi connectivity index (χ0v) is 12.8. The predicted molar refractivity (Wildman–Crippen MR) is 82.6 cm³/mol. The molecule has 3 nitrogen and oxygen atoms in total. The molecule has 3 N–H and O–H groups in total. The quantitative estimate of drug-likeness (QED) is 0.844. The molecule has 4 heteroatoms. The van der Waals surface area contributed by atoms with E-state index < -0.39 is 0 Å². The van der Waals surface area contributed by atoms with Crippen LogP contribution in [0.25, 0.3) is 0 Å². The molecule has 1 aromatic carbocycles. The van der Waals surface area contributed by atoms with Crippen LogP contribution in [0.15, 0.2) is 30.3 Å². The molecular formula is C15H25ClN2O. The lowest BCUT2D eigenvalue weighted by Crippen LogP contribution is -2.46. The van der Waals surface area contributed by atoms with Gasteiger partial charge in [-0.1, -0.05) is 43.7 Å². The van der Waals surface area contributed by atoms with Crippen LogP contribution in [0.4, 0.5) is 0 Å². The van der Waals surface area contributed by atoms with E-state index in [1.165, 1.54) is 0 Å². The molecule has 0 saturated heterocycles. The second-order valence-corrected chi connectivity index (χ2v) is 5.46. The molecule has 1 unspecified atom stereocenters. The first kappa shape index (κ1) is 17.9. The summed E-state index contributed by atoms with van der Waals surface area (Å²) in [5.74, 6) is 0.000116. The average Bonchev–Trinajstić information content (AvgIpc) is 2.33. The van der Waals surface area contributed by atoms with Crippen molar-refractivity contribution in [2.75, 3.05) is 6.54 Å². The summed E-state index contributed by atoms with van der Waals surface area (Å²) < 4.78 is 0. The number of hydrogen-bond acceptors (Lipinski definition) is 2. The highest BCUT2D eigenvalue weighted by Gasteiger charge is 2.21. The summed E-state index contributed by atoms with van der Waals surface area (Å²) in [5, 5.41) is 2.94. The smallest absolute Gasteiger partial charge is 0.227 e. The molecule has 0 fully saturated rings. The summed E-state index contributed by atoms with van der Waals surface area (Å²) in [6.45, 7) is 6.41. The van der Waals surface area contributed by atoms with Gasteiger partial charge >= 0.3 is 0 Å². The Kier molecular flexibility index (Phi) is 7.72. The van der Waals surface area contributed by atoms with Gasteiger partial charge < -0.3 is 11.1 Å². The molecule has 0 radical (unpaired) electrons. The minimum Gasteiger partial charge on any atom is -0.354 e. The van der Waals surface area contributed by atoms with Gasteiger partial charge in [-0.05, 0) is 25.8 Å². The van der Waals surface area contributed by atoms with E-state index in [1.807, 2.05) is 44.2 Å². The lowest BCUT2D eigenvalue weighted by molar-refractivity contribution is -0.123. The van der Waals surface area contributed by atoms with Crippen LogP contribution < -0.4 is 11.1 Å². The van der Waals surface area contributed by atoms with Crippen LogP contribution in [0.3, 0.4) is 0 Å². The summed E-state index contributed by atoms with van der Waals surface area (Å²) in [4.78, 5) is 12.2. The first-order valence-corrected chi connectivity index (χ1v) is 6.55. The van der Waals surface area contributed by atoms with E-state index in [0.29, 0.717) is 6.54 Å². The third-order valence-corrected chi connectivity index (χ3v) is 2.81. The molecule has 0 bridgehead atoms. The van der Waals surface area contributed by atoms with Gasteiger partial charge in [0.05, 0.1) is 5.92 Å². The van der Waals surface area contributed by atoms with Crippen molar-refractivity contribution in [3.8, 4) is 0 Å². The highest BCUT2D eigenvalue weighted by Crippen LogP contribution is 2.21. The molecule has 1 amide bonds.